The van der Waals surface area contributed by atoms with Crippen molar-refractivity contribution < 1.29 is 9.47 Å². The van der Waals surface area contributed by atoms with Crippen molar-refractivity contribution in [1.29, 1.82) is 0 Å². The highest BCUT2D eigenvalue weighted by Crippen LogP contribution is 2.29. The number of nitrogens with one attached hydrogen (secondary N) is 1. The second kappa shape index (κ2) is 8.75. The van der Waals surface area contributed by atoms with Gasteiger partial charge in [-0.1, -0.05) is 54.1 Å². The van der Waals surface area contributed by atoms with E-state index in [4.69, 9.17) is 21.1 Å². The molecular weight excluding hydrogens is 358 g/mol. The van der Waals surface area contributed by atoms with Crippen LogP contribution in [0.15, 0.2) is 60.7 Å². The van der Waals surface area contributed by atoms with Gasteiger partial charge in [-0.05, 0) is 47.4 Å². The van der Waals surface area contributed by atoms with E-state index in [1.807, 2.05) is 24.3 Å². The molecule has 1 aliphatic heterocycles. The Balaban J connectivity index is 1.51. The smallest absolute Gasteiger partial charge is 0.124 e. The van der Waals surface area contributed by atoms with Crippen LogP contribution in [0.3, 0.4) is 0 Å². The summed E-state index contributed by atoms with van der Waals surface area (Å²) < 4.78 is 11.9. The molecule has 140 valence electrons. The third kappa shape index (κ3) is 4.62. The number of ether oxygens (including phenoxy) is 2. The van der Waals surface area contributed by atoms with Gasteiger partial charge >= 0.3 is 0 Å². The topological polar surface area (TPSA) is 30.5 Å². The standard InChI is InChI=1S/C23H24ClNO2/c24-19-10-7-17(8-11-19)16-27-23-12-9-18-4-1-2-6-21(18)22(23)15-25-14-20-5-3-13-26-20/h1-2,4,6-12,20,25H,3,5,13-16H2/t20-/m1/s1. The zero-order valence-electron chi connectivity index (χ0n) is 15.3. The van der Waals surface area contributed by atoms with Crippen molar-refractivity contribution in [3.63, 3.8) is 0 Å². The van der Waals surface area contributed by atoms with Gasteiger partial charge < -0.3 is 14.8 Å². The van der Waals surface area contributed by atoms with Gasteiger partial charge in [-0.2, -0.15) is 0 Å². The molecule has 0 bridgehead atoms. The second-order valence-corrected chi connectivity index (χ2v) is 7.38. The van der Waals surface area contributed by atoms with Crippen molar-refractivity contribution in [1.82, 2.24) is 5.32 Å². The first kappa shape index (κ1) is 18.3. The van der Waals surface area contributed by atoms with Crippen molar-refractivity contribution >= 4 is 22.4 Å². The number of fused-ring (bicyclic) bond motifs is 1. The molecule has 0 radical (unpaired) electrons. The molecule has 1 heterocycles. The molecule has 4 heteroatoms. The van der Waals surface area contributed by atoms with Crippen molar-refractivity contribution in [2.75, 3.05) is 13.2 Å². The van der Waals surface area contributed by atoms with Gasteiger partial charge in [-0.15, -0.1) is 0 Å². The monoisotopic (exact) mass is 381 g/mol. The van der Waals surface area contributed by atoms with Gasteiger partial charge in [0.05, 0.1) is 6.10 Å². The van der Waals surface area contributed by atoms with Crippen LogP contribution >= 0.6 is 11.6 Å². The van der Waals surface area contributed by atoms with Gasteiger partial charge in [-0.3, -0.25) is 0 Å². The summed E-state index contributed by atoms with van der Waals surface area (Å²) in [4.78, 5) is 0. The minimum Gasteiger partial charge on any atom is -0.489 e. The Morgan fingerprint density at radius 3 is 2.70 bits per heavy atom. The molecule has 4 rings (SSSR count). The van der Waals surface area contributed by atoms with Gasteiger partial charge in [0.2, 0.25) is 0 Å². The lowest BCUT2D eigenvalue weighted by Crippen LogP contribution is -2.26. The first-order chi connectivity index (χ1) is 13.3. The van der Waals surface area contributed by atoms with E-state index in [9.17, 15) is 0 Å². The fourth-order valence-corrected chi connectivity index (χ4v) is 3.66. The Morgan fingerprint density at radius 1 is 1.04 bits per heavy atom. The fourth-order valence-electron chi connectivity index (χ4n) is 3.54. The van der Waals surface area contributed by atoms with E-state index in [2.05, 4.69) is 41.7 Å². The number of hydrogen-bond donors (Lipinski definition) is 1. The van der Waals surface area contributed by atoms with E-state index < -0.39 is 0 Å². The van der Waals surface area contributed by atoms with E-state index in [1.54, 1.807) is 0 Å². The second-order valence-electron chi connectivity index (χ2n) is 6.94. The van der Waals surface area contributed by atoms with Crippen LogP contribution in [-0.2, 0) is 17.9 Å². The summed E-state index contributed by atoms with van der Waals surface area (Å²) in [5.41, 5.74) is 2.30. The average molecular weight is 382 g/mol. The Hall–Kier alpha value is -2.07. The summed E-state index contributed by atoms with van der Waals surface area (Å²) in [6, 6.07) is 20.4. The molecule has 1 saturated heterocycles. The quantitative estimate of drug-likeness (QED) is 0.599. The van der Waals surface area contributed by atoms with Gasteiger partial charge in [0.25, 0.3) is 0 Å². The molecule has 27 heavy (non-hydrogen) atoms. The lowest BCUT2D eigenvalue weighted by molar-refractivity contribution is 0.110. The number of rotatable bonds is 7. The highest BCUT2D eigenvalue weighted by Gasteiger charge is 2.15. The van der Waals surface area contributed by atoms with Gasteiger partial charge in [0, 0.05) is 30.3 Å². The summed E-state index contributed by atoms with van der Waals surface area (Å²) in [5, 5.41) is 6.75. The van der Waals surface area contributed by atoms with Crippen LogP contribution < -0.4 is 10.1 Å². The Bertz CT molecular complexity index is 889. The van der Waals surface area contributed by atoms with Crippen LogP contribution in [0.5, 0.6) is 5.75 Å². The van der Waals surface area contributed by atoms with Crippen LogP contribution in [0.4, 0.5) is 0 Å². The Kier molecular flexibility index (Phi) is 5.93. The summed E-state index contributed by atoms with van der Waals surface area (Å²) in [7, 11) is 0. The van der Waals surface area contributed by atoms with Crippen LogP contribution in [0.1, 0.15) is 24.0 Å². The van der Waals surface area contributed by atoms with E-state index in [-0.39, 0.29) is 0 Å². The summed E-state index contributed by atoms with van der Waals surface area (Å²) in [6.07, 6.45) is 2.64. The molecule has 0 aromatic heterocycles. The molecule has 3 aromatic carbocycles. The zero-order valence-corrected chi connectivity index (χ0v) is 16.0. The Morgan fingerprint density at radius 2 is 1.89 bits per heavy atom. The third-order valence-electron chi connectivity index (χ3n) is 5.00. The number of halogens is 1. The van der Waals surface area contributed by atoms with Crippen LogP contribution in [0.2, 0.25) is 5.02 Å². The molecule has 0 unspecified atom stereocenters. The van der Waals surface area contributed by atoms with Crippen molar-refractivity contribution in [3.05, 3.63) is 76.8 Å². The minimum atomic E-state index is 0.332. The van der Waals surface area contributed by atoms with E-state index in [0.717, 1.165) is 48.9 Å². The molecule has 1 N–H and O–H groups in total. The van der Waals surface area contributed by atoms with E-state index in [0.29, 0.717) is 12.7 Å². The molecule has 3 aromatic rings. The van der Waals surface area contributed by atoms with Crippen molar-refractivity contribution in [2.24, 2.45) is 0 Å². The molecule has 0 amide bonds. The maximum Gasteiger partial charge on any atom is 0.124 e. The fraction of sp³-hybridized carbons (Fsp3) is 0.304. The number of hydrogen-bond acceptors (Lipinski definition) is 3. The van der Waals surface area contributed by atoms with E-state index in [1.165, 1.54) is 16.3 Å². The molecule has 0 saturated carbocycles. The first-order valence-corrected chi connectivity index (χ1v) is 9.87. The highest BCUT2D eigenvalue weighted by atomic mass is 35.5. The van der Waals surface area contributed by atoms with Crippen molar-refractivity contribution in [2.45, 2.75) is 32.1 Å². The minimum absolute atomic E-state index is 0.332. The van der Waals surface area contributed by atoms with Crippen LogP contribution in [-0.4, -0.2) is 19.3 Å². The number of benzene rings is 3. The predicted molar refractivity (Wildman–Crippen MR) is 110 cm³/mol. The molecule has 1 atom stereocenters. The van der Waals surface area contributed by atoms with Crippen molar-refractivity contribution in [3.8, 4) is 5.75 Å². The van der Waals surface area contributed by atoms with Gasteiger partial charge in [0.1, 0.15) is 12.4 Å². The molecule has 0 aliphatic carbocycles. The van der Waals surface area contributed by atoms with Crippen LogP contribution in [0.25, 0.3) is 10.8 Å². The maximum atomic E-state index is 6.18. The average Bonchev–Trinajstić information content (AvgIpc) is 3.22. The lowest BCUT2D eigenvalue weighted by Gasteiger charge is -2.16. The molecule has 0 spiro atoms. The maximum absolute atomic E-state index is 6.18. The summed E-state index contributed by atoms with van der Waals surface area (Å²) in [6.45, 7) is 3.04. The highest BCUT2D eigenvalue weighted by molar-refractivity contribution is 6.30. The van der Waals surface area contributed by atoms with Crippen LogP contribution in [0, 0.1) is 0 Å². The molecule has 3 nitrogen and oxygen atoms in total. The lowest BCUT2D eigenvalue weighted by atomic mass is 10.0. The molecule has 1 fully saturated rings. The SMILES string of the molecule is Clc1ccc(COc2ccc3ccccc3c2CNC[C@H]2CCCO2)cc1. The predicted octanol–water partition coefficient (Wildman–Crippen LogP) is 5.34. The largest absolute Gasteiger partial charge is 0.489 e. The normalized spacial score (nSPS) is 16.7. The summed E-state index contributed by atoms with van der Waals surface area (Å²) >= 11 is 5.97. The van der Waals surface area contributed by atoms with E-state index >= 15 is 0 Å². The molecular formula is C23H24ClNO2. The molecule has 1 aliphatic rings. The third-order valence-corrected chi connectivity index (χ3v) is 5.25. The Labute approximate surface area is 165 Å². The van der Waals surface area contributed by atoms with Gasteiger partial charge in [0.15, 0.2) is 0 Å². The zero-order chi connectivity index (χ0) is 18.5. The summed E-state index contributed by atoms with van der Waals surface area (Å²) in [5.74, 6) is 0.920. The first-order valence-electron chi connectivity index (χ1n) is 9.50. The van der Waals surface area contributed by atoms with Gasteiger partial charge in [-0.25, -0.2) is 0 Å².